The van der Waals surface area contributed by atoms with Gasteiger partial charge in [0, 0.05) is 18.0 Å². The summed E-state index contributed by atoms with van der Waals surface area (Å²) < 4.78 is 11.2. The number of urea groups is 1. The van der Waals surface area contributed by atoms with Crippen LogP contribution in [-0.2, 0) is 4.79 Å². The molecule has 0 aromatic heterocycles. The average molecular weight is 452 g/mol. The van der Waals surface area contributed by atoms with Crippen molar-refractivity contribution in [1.82, 2.24) is 15.5 Å². The largest absolute Gasteiger partial charge is 0.486 e. The zero-order valence-corrected chi connectivity index (χ0v) is 18.7. The van der Waals surface area contributed by atoms with Crippen LogP contribution >= 0.6 is 0 Å². The summed E-state index contributed by atoms with van der Waals surface area (Å²) in [6, 6.07) is 13.6. The summed E-state index contributed by atoms with van der Waals surface area (Å²) in [6.07, 6.45) is 1.26. The van der Waals surface area contributed by atoms with Gasteiger partial charge in [0.1, 0.15) is 19.3 Å². The van der Waals surface area contributed by atoms with Gasteiger partial charge in [-0.15, -0.1) is 0 Å². The lowest BCUT2D eigenvalue weighted by atomic mass is 9.87. The van der Waals surface area contributed by atoms with Crippen LogP contribution in [0.3, 0.4) is 0 Å². The van der Waals surface area contributed by atoms with E-state index < -0.39 is 12.1 Å². The SMILES string of the molecule is CCNC(=O)NC(=O)[C@H](c1ccccc1)N1CCC(C(=O)c2ccc3c(c2)OCCO3)CC1. The van der Waals surface area contributed by atoms with Crippen molar-refractivity contribution in [2.24, 2.45) is 5.92 Å². The Morgan fingerprint density at radius 2 is 1.70 bits per heavy atom. The zero-order valence-electron chi connectivity index (χ0n) is 18.7. The van der Waals surface area contributed by atoms with E-state index in [2.05, 4.69) is 10.6 Å². The van der Waals surface area contributed by atoms with Crippen molar-refractivity contribution in [1.29, 1.82) is 0 Å². The van der Waals surface area contributed by atoms with Crippen molar-refractivity contribution in [3.63, 3.8) is 0 Å². The summed E-state index contributed by atoms with van der Waals surface area (Å²) in [5.74, 6) is 0.845. The number of nitrogens with zero attached hydrogens (tertiary/aromatic N) is 1. The molecule has 0 radical (unpaired) electrons. The number of carbonyl (C=O) groups is 3. The molecule has 0 unspecified atom stereocenters. The van der Waals surface area contributed by atoms with Gasteiger partial charge in [-0.05, 0) is 56.6 Å². The maximum absolute atomic E-state index is 13.1. The second kappa shape index (κ2) is 10.5. The number of ketones is 1. The normalized spacial score (nSPS) is 17.1. The summed E-state index contributed by atoms with van der Waals surface area (Å²) in [5, 5.41) is 5.04. The van der Waals surface area contributed by atoms with Gasteiger partial charge in [0.15, 0.2) is 17.3 Å². The highest BCUT2D eigenvalue weighted by molar-refractivity contribution is 5.99. The van der Waals surface area contributed by atoms with Crippen LogP contribution in [0, 0.1) is 5.92 Å². The van der Waals surface area contributed by atoms with Gasteiger partial charge in [-0.25, -0.2) is 4.79 Å². The lowest BCUT2D eigenvalue weighted by Crippen LogP contribution is -2.48. The van der Waals surface area contributed by atoms with E-state index in [4.69, 9.17) is 9.47 Å². The molecule has 8 heteroatoms. The van der Waals surface area contributed by atoms with Crippen molar-refractivity contribution in [2.75, 3.05) is 32.8 Å². The Labute approximate surface area is 193 Å². The number of benzene rings is 2. The predicted molar refractivity (Wildman–Crippen MR) is 122 cm³/mol. The van der Waals surface area contributed by atoms with Crippen LogP contribution in [0.5, 0.6) is 11.5 Å². The van der Waals surface area contributed by atoms with Gasteiger partial charge in [0.05, 0.1) is 0 Å². The summed E-state index contributed by atoms with van der Waals surface area (Å²) >= 11 is 0. The Morgan fingerprint density at radius 1 is 1.00 bits per heavy atom. The van der Waals surface area contributed by atoms with E-state index in [0.29, 0.717) is 62.8 Å². The Bertz CT molecular complexity index is 1000. The topological polar surface area (TPSA) is 97.0 Å². The molecule has 2 aliphatic rings. The van der Waals surface area contributed by atoms with Crippen LogP contribution in [0.4, 0.5) is 4.79 Å². The second-order valence-corrected chi connectivity index (χ2v) is 8.19. The smallest absolute Gasteiger partial charge is 0.321 e. The Hall–Kier alpha value is -3.39. The first-order valence-electron chi connectivity index (χ1n) is 11.4. The number of ether oxygens (including phenoxy) is 2. The molecule has 3 amide bonds. The minimum Gasteiger partial charge on any atom is -0.486 e. The lowest BCUT2D eigenvalue weighted by molar-refractivity contribution is -0.126. The van der Waals surface area contributed by atoms with Crippen molar-refractivity contribution in [3.8, 4) is 11.5 Å². The molecule has 4 rings (SSSR count). The van der Waals surface area contributed by atoms with Crippen molar-refractivity contribution in [2.45, 2.75) is 25.8 Å². The fourth-order valence-corrected chi connectivity index (χ4v) is 4.40. The first-order chi connectivity index (χ1) is 16.1. The number of rotatable bonds is 6. The molecule has 2 aromatic carbocycles. The summed E-state index contributed by atoms with van der Waals surface area (Å²) in [7, 11) is 0. The fraction of sp³-hybridized carbons (Fsp3) is 0.400. The van der Waals surface area contributed by atoms with Crippen LogP contribution in [0.15, 0.2) is 48.5 Å². The Morgan fingerprint density at radius 3 is 2.39 bits per heavy atom. The van der Waals surface area contributed by atoms with Crippen molar-refractivity contribution in [3.05, 3.63) is 59.7 Å². The quantitative estimate of drug-likeness (QED) is 0.656. The predicted octanol–water partition coefficient (Wildman–Crippen LogP) is 2.94. The molecule has 0 bridgehead atoms. The number of likely N-dealkylation sites (tertiary alicyclic amines) is 1. The number of piperidine rings is 1. The maximum Gasteiger partial charge on any atom is 0.321 e. The van der Waals surface area contributed by atoms with E-state index >= 15 is 0 Å². The first-order valence-corrected chi connectivity index (χ1v) is 11.4. The average Bonchev–Trinajstić information content (AvgIpc) is 2.84. The van der Waals surface area contributed by atoms with E-state index in [-0.39, 0.29) is 17.6 Å². The Kier molecular flexibility index (Phi) is 7.24. The molecule has 8 nitrogen and oxygen atoms in total. The van der Waals surface area contributed by atoms with Crippen molar-refractivity contribution < 1.29 is 23.9 Å². The summed E-state index contributed by atoms with van der Waals surface area (Å²) in [5.41, 5.74) is 1.43. The summed E-state index contributed by atoms with van der Waals surface area (Å²) in [6.45, 7) is 4.36. The number of hydrogen-bond donors (Lipinski definition) is 2. The van der Waals surface area contributed by atoms with E-state index in [1.165, 1.54) is 0 Å². The van der Waals surface area contributed by atoms with E-state index in [9.17, 15) is 14.4 Å². The molecule has 0 saturated carbocycles. The second-order valence-electron chi connectivity index (χ2n) is 8.19. The molecule has 1 fully saturated rings. The van der Waals surface area contributed by atoms with Gasteiger partial charge >= 0.3 is 6.03 Å². The van der Waals surface area contributed by atoms with Crippen LogP contribution in [0.1, 0.15) is 41.7 Å². The van der Waals surface area contributed by atoms with E-state index in [0.717, 1.165) is 5.56 Å². The standard InChI is InChI=1S/C25H29N3O5/c1-2-26-25(31)27-24(30)22(17-6-4-3-5-7-17)28-12-10-18(11-13-28)23(29)19-8-9-20-21(16-19)33-15-14-32-20/h3-9,16,18,22H,2,10-15H2,1H3,(H2,26,27,30,31)/t22-/m0/s1. The van der Waals surface area contributed by atoms with Gasteiger partial charge in [-0.3, -0.25) is 19.8 Å². The monoisotopic (exact) mass is 451 g/mol. The fourth-order valence-electron chi connectivity index (χ4n) is 4.40. The number of nitrogens with one attached hydrogen (secondary N) is 2. The zero-order chi connectivity index (χ0) is 23.2. The molecular formula is C25H29N3O5. The highest BCUT2D eigenvalue weighted by atomic mass is 16.6. The molecule has 2 N–H and O–H groups in total. The summed E-state index contributed by atoms with van der Waals surface area (Å²) in [4.78, 5) is 40.1. The number of imide groups is 1. The Balaban J connectivity index is 1.44. The van der Waals surface area contributed by atoms with E-state index in [1.807, 2.05) is 35.2 Å². The molecule has 174 valence electrons. The third-order valence-corrected chi connectivity index (χ3v) is 6.03. The van der Waals surface area contributed by atoms with E-state index in [1.54, 1.807) is 25.1 Å². The van der Waals surface area contributed by atoms with Gasteiger partial charge < -0.3 is 14.8 Å². The molecule has 2 aliphatic heterocycles. The van der Waals surface area contributed by atoms with Gasteiger partial charge in [0.25, 0.3) is 0 Å². The highest BCUT2D eigenvalue weighted by Gasteiger charge is 2.34. The minimum atomic E-state index is -0.598. The molecule has 2 heterocycles. The molecular weight excluding hydrogens is 422 g/mol. The lowest BCUT2D eigenvalue weighted by Gasteiger charge is -2.36. The molecule has 33 heavy (non-hydrogen) atoms. The van der Waals surface area contributed by atoms with Crippen LogP contribution in [-0.4, -0.2) is 55.5 Å². The van der Waals surface area contributed by atoms with Crippen LogP contribution in [0.25, 0.3) is 0 Å². The minimum absolute atomic E-state index is 0.0784. The van der Waals surface area contributed by atoms with Gasteiger partial charge in [-0.2, -0.15) is 0 Å². The molecule has 2 aromatic rings. The van der Waals surface area contributed by atoms with Crippen LogP contribution in [0.2, 0.25) is 0 Å². The number of hydrogen-bond acceptors (Lipinski definition) is 6. The third kappa shape index (κ3) is 5.34. The first kappa shape index (κ1) is 22.8. The highest BCUT2D eigenvalue weighted by Crippen LogP contribution is 2.33. The number of Topliss-reactive ketones (excluding diaryl/α,β-unsaturated/α-hetero) is 1. The number of fused-ring (bicyclic) bond motifs is 1. The number of amides is 3. The van der Waals surface area contributed by atoms with Crippen LogP contribution < -0.4 is 20.1 Å². The third-order valence-electron chi connectivity index (χ3n) is 6.03. The molecule has 0 spiro atoms. The maximum atomic E-state index is 13.1. The molecule has 1 atom stereocenters. The molecule has 1 saturated heterocycles. The van der Waals surface area contributed by atoms with Crippen molar-refractivity contribution >= 4 is 17.7 Å². The molecule has 0 aliphatic carbocycles. The number of carbonyl (C=O) groups excluding carboxylic acids is 3. The van der Waals surface area contributed by atoms with Gasteiger partial charge in [-0.1, -0.05) is 30.3 Å². The van der Waals surface area contributed by atoms with Gasteiger partial charge in [0.2, 0.25) is 5.91 Å².